The van der Waals surface area contributed by atoms with Gasteiger partial charge < -0.3 is 11.1 Å². The van der Waals surface area contributed by atoms with Gasteiger partial charge in [0.05, 0.1) is 17.1 Å². The fourth-order valence-electron chi connectivity index (χ4n) is 3.40. The zero-order valence-corrected chi connectivity index (χ0v) is 15.9. The van der Waals surface area contributed by atoms with Crippen LogP contribution in [0.3, 0.4) is 0 Å². The van der Waals surface area contributed by atoms with Crippen LogP contribution >= 0.6 is 0 Å². The zero-order chi connectivity index (χ0) is 20.5. The van der Waals surface area contributed by atoms with Gasteiger partial charge in [-0.25, -0.2) is 14.4 Å². The van der Waals surface area contributed by atoms with Crippen LogP contribution in [0.2, 0.25) is 0 Å². The van der Waals surface area contributed by atoms with Gasteiger partial charge in [-0.15, -0.1) is 0 Å². The van der Waals surface area contributed by atoms with Gasteiger partial charge in [0.15, 0.2) is 0 Å². The number of nitrogens with zero attached hydrogens (tertiary/aromatic N) is 4. The van der Waals surface area contributed by atoms with Crippen LogP contribution in [-0.4, -0.2) is 19.5 Å². The largest absolute Gasteiger partial charge is 0.368 e. The minimum Gasteiger partial charge on any atom is -0.368 e. The van der Waals surface area contributed by atoms with E-state index in [2.05, 4.69) is 20.3 Å². The van der Waals surface area contributed by atoms with E-state index in [0.29, 0.717) is 16.8 Å². The molecule has 146 valence electrons. The molecule has 0 fully saturated rings. The maximum atomic E-state index is 13.9. The topological polar surface area (TPSA) is 98.7 Å². The molecule has 2 heterocycles. The molecule has 0 radical (unpaired) electrons. The minimum absolute atomic E-state index is 0.0892. The molecule has 3 N–H and O–H groups in total. The Bertz CT molecular complexity index is 1270. The van der Waals surface area contributed by atoms with Gasteiger partial charge in [0.1, 0.15) is 12.1 Å². The van der Waals surface area contributed by atoms with Crippen molar-refractivity contribution in [2.24, 2.45) is 0 Å². The summed E-state index contributed by atoms with van der Waals surface area (Å²) in [5.74, 6) is -0.0463. The molecule has 2 aromatic carbocycles. The second-order valence-electron chi connectivity index (χ2n) is 6.76. The third-order valence-corrected chi connectivity index (χ3v) is 4.73. The first kappa shape index (κ1) is 18.5. The summed E-state index contributed by atoms with van der Waals surface area (Å²) in [6, 6.07) is 13.2. The number of fused-ring (bicyclic) bond motifs is 1. The molecule has 0 spiro atoms. The minimum atomic E-state index is -0.420. The van der Waals surface area contributed by atoms with Gasteiger partial charge in [0.2, 0.25) is 11.9 Å². The van der Waals surface area contributed by atoms with Gasteiger partial charge in [-0.05, 0) is 49.1 Å². The molecule has 0 aliphatic heterocycles. The van der Waals surface area contributed by atoms with Crippen LogP contribution in [0.5, 0.6) is 0 Å². The third-order valence-electron chi connectivity index (χ3n) is 4.73. The summed E-state index contributed by atoms with van der Waals surface area (Å²) in [7, 11) is 0. The van der Waals surface area contributed by atoms with Crippen LogP contribution in [-0.2, 0) is 0 Å². The van der Waals surface area contributed by atoms with Gasteiger partial charge in [-0.3, -0.25) is 9.36 Å². The highest BCUT2D eigenvalue weighted by Gasteiger charge is 2.18. The van der Waals surface area contributed by atoms with Crippen LogP contribution in [0.4, 0.5) is 16.3 Å². The Balaban J connectivity index is 1.94. The maximum Gasteiger partial charge on any atom is 0.263 e. The van der Waals surface area contributed by atoms with E-state index < -0.39 is 5.82 Å². The van der Waals surface area contributed by atoms with Crippen molar-refractivity contribution in [2.75, 3.05) is 11.1 Å². The van der Waals surface area contributed by atoms with Crippen LogP contribution in [0.15, 0.2) is 59.7 Å². The molecule has 29 heavy (non-hydrogen) atoms. The Morgan fingerprint density at radius 1 is 1.14 bits per heavy atom. The SMILES string of the molecule is Cc1cccc2cc([C@H](C)Nc3ncnc(N)n3)n(-c3cccc(F)c3)c(=O)c12. The van der Waals surface area contributed by atoms with Gasteiger partial charge in [-0.1, -0.05) is 24.3 Å². The first-order valence-corrected chi connectivity index (χ1v) is 9.06. The van der Waals surface area contributed by atoms with E-state index in [0.717, 1.165) is 10.9 Å². The number of hydrogen-bond acceptors (Lipinski definition) is 6. The fourth-order valence-corrected chi connectivity index (χ4v) is 3.40. The van der Waals surface area contributed by atoms with Crippen molar-refractivity contribution in [3.8, 4) is 5.69 Å². The van der Waals surface area contributed by atoms with E-state index >= 15 is 0 Å². The fraction of sp³-hybridized carbons (Fsp3) is 0.143. The van der Waals surface area contributed by atoms with Crippen molar-refractivity contribution < 1.29 is 4.39 Å². The summed E-state index contributed by atoms with van der Waals surface area (Å²) in [5.41, 5.74) is 7.35. The molecule has 0 bridgehead atoms. The lowest BCUT2D eigenvalue weighted by Crippen LogP contribution is -2.26. The summed E-state index contributed by atoms with van der Waals surface area (Å²) in [5, 5.41) is 4.54. The summed E-state index contributed by atoms with van der Waals surface area (Å²) >= 11 is 0. The molecule has 0 aliphatic carbocycles. The normalized spacial score (nSPS) is 12.1. The van der Waals surface area contributed by atoms with Gasteiger partial charge in [0.25, 0.3) is 5.56 Å². The zero-order valence-electron chi connectivity index (χ0n) is 15.9. The molecule has 0 unspecified atom stereocenters. The van der Waals surface area contributed by atoms with Crippen LogP contribution in [0, 0.1) is 12.7 Å². The van der Waals surface area contributed by atoms with Gasteiger partial charge in [-0.2, -0.15) is 4.98 Å². The molecule has 8 heteroatoms. The first-order valence-electron chi connectivity index (χ1n) is 9.06. The lowest BCUT2D eigenvalue weighted by Gasteiger charge is -2.21. The lowest BCUT2D eigenvalue weighted by molar-refractivity contribution is 0.625. The predicted octanol–water partition coefficient (Wildman–Crippen LogP) is 3.38. The molecular weight excluding hydrogens is 371 g/mol. The molecule has 0 saturated heterocycles. The van der Waals surface area contributed by atoms with Crippen molar-refractivity contribution in [1.82, 2.24) is 19.5 Å². The van der Waals surface area contributed by atoms with Gasteiger partial charge in [0, 0.05) is 5.69 Å². The van der Waals surface area contributed by atoms with Crippen molar-refractivity contribution in [1.29, 1.82) is 0 Å². The van der Waals surface area contributed by atoms with Gasteiger partial charge >= 0.3 is 0 Å². The Hall–Kier alpha value is -3.81. The average Bonchev–Trinajstić information content (AvgIpc) is 2.67. The molecule has 4 rings (SSSR count). The summed E-state index contributed by atoms with van der Waals surface area (Å²) in [6.45, 7) is 3.75. The highest BCUT2D eigenvalue weighted by molar-refractivity contribution is 5.85. The molecule has 2 aromatic heterocycles. The molecule has 1 atom stereocenters. The second-order valence-corrected chi connectivity index (χ2v) is 6.76. The molecule has 0 amide bonds. The Kier molecular flexibility index (Phi) is 4.67. The van der Waals surface area contributed by atoms with E-state index in [1.54, 1.807) is 12.1 Å². The van der Waals surface area contributed by atoms with E-state index in [4.69, 9.17) is 5.73 Å². The van der Waals surface area contributed by atoms with Crippen LogP contribution < -0.4 is 16.6 Å². The van der Waals surface area contributed by atoms with Crippen molar-refractivity contribution in [3.05, 3.63) is 82.3 Å². The number of nitrogens with one attached hydrogen (secondary N) is 1. The third kappa shape index (κ3) is 3.52. The number of rotatable bonds is 4. The van der Waals surface area contributed by atoms with Crippen molar-refractivity contribution >= 4 is 22.7 Å². The number of hydrogen-bond donors (Lipinski definition) is 2. The lowest BCUT2D eigenvalue weighted by atomic mass is 10.0. The summed E-state index contributed by atoms with van der Waals surface area (Å²) in [4.78, 5) is 25.3. The summed E-state index contributed by atoms with van der Waals surface area (Å²) in [6.07, 6.45) is 1.31. The number of halogens is 1. The number of benzene rings is 2. The highest BCUT2D eigenvalue weighted by Crippen LogP contribution is 2.24. The van der Waals surface area contributed by atoms with Crippen LogP contribution in [0.1, 0.15) is 24.2 Å². The molecule has 0 saturated carbocycles. The number of aromatic nitrogens is 4. The van der Waals surface area contributed by atoms with Crippen molar-refractivity contribution in [3.63, 3.8) is 0 Å². The summed E-state index contributed by atoms with van der Waals surface area (Å²) < 4.78 is 15.4. The van der Waals surface area contributed by atoms with Crippen LogP contribution in [0.25, 0.3) is 16.5 Å². The monoisotopic (exact) mass is 390 g/mol. The van der Waals surface area contributed by atoms with Crippen molar-refractivity contribution in [2.45, 2.75) is 19.9 Å². The maximum absolute atomic E-state index is 13.9. The quantitative estimate of drug-likeness (QED) is 0.554. The molecule has 7 nitrogen and oxygen atoms in total. The van der Waals surface area contributed by atoms with E-state index in [9.17, 15) is 9.18 Å². The average molecular weight is 390 g/mol. The van der Waals surface area contributed by atoms with E-state index in [1.165, 1.54) is 23.0 Å². The smallest absolute Gasteiger partial charge is 0.263 e. The second kappa shape index (κ2) is 7.31. The number of aryl methyl sites for hydroxylation is 1. The number of anilines is 2. The highest BCUT2D eigenvalue weighted by atomic mass is 19.1. The number of nitrogen functional groups attached to an aromatic ring is 1. The first-order chi connectivity index (χ1) is 13.9. The Labute approximate surface area is 166 Å². The standard InChI is InChI=1S/C21H19FN6O/c1-12-5-3-6-14-9-17(13(2)26-21-25-11-24-20(23)27-21)28(19(29)18(12)14)16-8-4-7-15(22)10-16/h3-11,13H,1-2H3,(H3,23,24,25,26,27)/t13-/m0/s1. The Morgan fingerprint density at radius 2 is 1.93 bits per heavy atom. The number of nitrogens with two attached hydrogens (primary N) is 1. The molecule has 4 aromatic rings. The Morgan fingerprint density at radius 3 is 2.69 bits per heavy atom. The molecular formula is C21H19FN6O. The van der Waals surface area contributed by atoms with E-state index in [1.807, 2.05) is 38.1 Å². The predicted molar refractivity (Wildman–Crippen MR) is 111 cm³/mol. The molecule has 0 aliphatic rings. The number of pyridine rings is 1. The van der Waals surface area contributed by atoms with E-state index in [-0.39, 0.29) is 23.5 Å².